The molecule has 2 aliphatic rings. The Morgan fingerprint density at radius 3 is 2.29 bits per heavy atom. The number of carbonyl (C=O) groups is 1. The van der Waals surface area contributed by atoms with Gasteiger partial charge in [-0.15, -0.1) is 0 Å². The molecule has 0 radical (unpaired) electrons. The maximum absolute atomic E-state index is 13.1. The Morgan fingerprint density at radius 1 is 1.03 bits per heavy atom. The zero-order valence-corrected chi connectivity index (χ0v) is 20.9. The number of nitrogens with zero attached hydrogens (tertiary/aromatic N) is 5. The van der Waals surface area contributed by atoms with Crippen molar-refractivity contribution < 1.29 is 22.7 Å². The normalized spacial score (nSPS) is 17.7. The van der Waals surface area contributed by atoms with Crippen LogP contribution in [0.4, 0.5) is 5.69 Å². The van der Waals surface area contributed by atoms with Crippen LogP contribution in [0, 0.1) is 13.8 Å². The van der Waals surface area contributed by atoms with Crippen LogP contribution in [0.15, 0.2) is 29.2 Å². The number of ether oxygens (including phenoxy) is 2. The van der Waals surface area contributed by atoms with Gasteiger partial charge in [-0.05, 0) is 38.1 Å². The fraction of sp³-hybridized carbons (Fsp3) is 0.565. The molecular weight excluding hydrogens is 458 g/mol. The van der Waals surface area contributed by atoms with Gasteiger partial charge in [0.15, 0.2) is 0 Å². The van der Waals surface area contributed by atoms with Crippen LogP contribution in [0.1, 0.15) is 17.8 Å². The van der Waals surface area contributed by atoms with E-state index in [1.54, 1.807) is 25.6 Å². The summed E-state index contributed by atoms with van der Waals surface area (Å²) in [7, 11) is -1.99. The number of rotatable bonds is 7. The van der Waals surface area contributed by atoms with Crippen molar-refractivity contribution in [3.8, 4) is 5.75 Å². The third kappa shape index (κ3) is 5.06. The van der Waals surface area contributed by atoms with E-state index in [2.05, 4.69) is 10.00 Å². The first-order valence-corrected chi connectivity index (χ1v) is 13.0. The van der Waals surface area contributed by atoms with Crippen molar-refractivity contribution in [1.82, 2.24) is 19.0 Å². The minimum Gasteiger partial charge on any atom is -0.497 e. The second-order valence-corrected chi connectivity index (χ2v) is 10.4. The molecular formula is C23H33N5O5S. The molecule has 1 amide bonds. The van der Waals surface area contributed by atoms with Crippen molar-refractivity contribution in [3.05, 3.63) is 35.7 Å². The SMILES string of the molecule is COc1ccc(N2CCN(C(=O)CCn3nc(C)c(S(=O)(=O)N4CCOCC4)c3C)CC2)cc1. The lowest BCUT2D eigenvalue weighted by atomic mass is 10.2. The summed E-state index contributed by atoms with van der Waals surface area (Å²) in [4.78, 5) is 17.2. The van der Waals surface area contributed by atoms with Gasteiger partial charge in [0.2, 0.25) is 15.9 Å². The molecule has 0 saturated carbocycles. The third-order valence-electron chi connectivity index (χ3n) is 6.49. The lowest BCUT2D eigenvalue weighted by Gasteiger charge is -2.36. The number of methoxy groups -OCH3 is 1. The molecule has 10 nitrogen and oxygen atoms in total. The number of aromatic nitrogens is 2. The maximum atomic E-state index is 13.1. The smallest absolute Gasteiger partial charge is 0.246 e. The molecule has 0 aliphatic carbocycles. The van der Waals surface area contributed by atoms with E-state index in [1.807, 2.05) is 29.2 Å². The summed E-state index contributed by atoms with van der Waals surface area (Å²) in [5.41, 5.74) is 2.15. The average Bonchev–Trinajstić information content (AvgIpc) is 3.16. The van der Waals surface area contributed by atoms with Gasteiger partial charge in [0.25, 0.3) is 0 Å². The summed E-state index contributed by atoms with van der Waals surface area (Å²) in [6.07, 6.45) is 0.279. The van der Waals surface area contributed by atoms with Crippen molar-refractivity contribution in [1.29, 1.82) is 0 Å². The number of benzene rings is 1. The molecule has 4 rings (SSSR count). The van der Waals surface area contributed by atoms with Gasteiger partial charge in [0, 0.05) is 51.4 Å². The summed E-state index contributed by atoms with van der Waals surface area (Å²) in [6.45, 7) is 8.11. The molecule has 0 spiro atoms. The van der Waals surface area contributed by atoms with Crippen LogP contribution >= 0.6 is 0 Å². The van der Waals surface area contributed by atoms with Crippen LogP contribution in [0.2, 0.25) is 0 Å². The standard InChI is InChI=1S/C23H33N5O5S/c1-18-23(34(30,31)27-14-16-33-17-15-27)19(2)28(24-18)9-8-22(29)26-12-10-25(11-13-26)20-4-6-21(32-3)7-5-20/h4-7H,8-17H2,1-3H3. The molecule has 3 heterocycles. The Morgan fingerprint density at radius 2 is 1.68 bits per heavy atom. The molecule has 1 aromatic heterocycles. The minimum absolute atomic E-state index is 0.0551. The Balaban J connectivity index is 1.34. The molecule has 2 aromatic rings. The van der Waals surface area contributed by atoms with E-state index < -0.39 is 10.0 Å². The zero-order chi connectivity index (χ0) is 24.3. The molecule has 34 heavy (non-hydrogen) atoms. The van der Waals surface area contributed by atoms with E-state index in [0.717, 1.165) is 24.5 Å². The highest BCUT2D eigenvalue weighted by atomic mass is 32.2. The van der Waals surface area contributed by atoms with Crippen molar-refractivity contribution in [2.45, 2.75) is 31.7 Å². The van der Waals surface area contributed by atoms with Crippen LogP contribution in [0.25, 0.3) is 0 Å². The first-order chi connectivity index (χ1) is 16.3. The van der Waals surface area contributed by atoms with Gasteiger partial charge >= 0.3 is 0 Å². The number of aryl methyl sites for hydroxylation is 2. The van der Waals surface area contributed by atoms with E-state index in [9.17, 15) is 13.2 Å². The van der Waals surface area contributed by atoms with Crippen LogP contribution < -0.4 is 9.64 Å². The summed E-state index contributed by atoms with van der Waals surface area (Å²) in [6, 6.07) is 7.94. The largest absolute Gasteiger partial charge is 0.497 e. The quantitative estimate of drug-likeness (QED) is 0.575. The lowest BCUT2D eigenvalue weighted by molar-refractivity contribution is -0.131. The Hall–Kier alpha value is -2.63. The van der Waals surface area contributed by atoms with Gasteiger partial charge < -0.3 is 19.3 Å². The Kier molecular flexibility index (Phi) is 7.44. The molecule has 0 bridgehead atoms. The van der Waals surface area contributed by atoms with Gasteiger partial charge in [0.1, 0.15) is 10.6 Å². The van der Waals surface area contributed by atoms with Gasteiger partial charge in [-0.1, -0.05) is 0 Å². The predicted octanol–water partition coefficient (Wildman–Crippen LogP) is 1.27. The topological polar surface area (TPSA) is 97.2 Å². The third-order valence-corrected chi connectivity index (χ3v) is 8.64. The molecule has 11 heteroatoms. The lowest BCUT2D eigenvalue weighted by Crippen LogP contribution is -2.49. The molecule has 2 fully saturated rings. The fourth-order valence-corrected chi connectivity index (χ4v) is 6.34. The zero-order valence-electron chi connectivity index (χ0n) is 20.1. The van der Waals surface area contributed by atoms with E-state index in [4.69, 9.17) is 9.47 Å². The van der Waals surface area contributed by atoms with E-state index in [0.29, 0.717) is 57.3 Å². The molecule has 0 unspecified atom stereocenters. The summed E-state index contributed by atoms with van der Waals surface area (Å²) < 4.78 is 39.9. The molecule has 186 valence electrons. The summed E-state index contributed by atoms with van der Waals surface area (Å²) in [5.74, 6) is 0.877. The van der Waals surface area contributed by atoms with Crippen molar-refractivity contribution in [3.63, 3.8) is 0 Å². The van der Waals surface area contributed by atoms with Gasteiger partial charge in [-0.25, -0.2) is 8.42 Å². The number of sulfonamides is 1. The number of amides is 1. The van der Waals surface area contributed by atoms with Crippen LogP contribution in [0.3, 0.4) is 0 Å². The van der Waals surface area contributed by atoms with Gasteiger partial charge in [-0.2, -0.15) is 9.40 Å². The number of hydrogen-bond acceptors (Lipinski definition) is 7. The number of anilines is 1. The van der Waals surface area contributed by atoms with E-state index in [1.165, 1.54) is 4.31 Å². The average molecular weight is 492 g/mol. The maximum Gasteiger partial charge on any atom is 0.246 e. The number of hydrogen-bond donors (Lipinski definition) is 0. The summed E-state index contributed by atoms with van der Waals surface area (Å²) >= 11 is 0. The fourth-order valence-electron chi connectivity index (χ4n) is 4.55. The van der Waals surface area contributed by atoms with Crippen molar-refractivity contribution >= 4 is 21.6 Å². The first-order valence-electron chi connectivity index (χ1n) is 11.6. The highest BCUT2D eigenvalue weighted by Crippen LogP contribution is 2.25. The van der Waals surface area contributed by atoms with Crippen molar-refractivity contribution in [2.75, 3.05) is 64.5 Å². The molecule has 2 saturated heterocycles. The first kappa shape index (κ1) is 24.5. The second-order valence-electron chi connectivity index (χ2n) is 8.56. The summed E-state index contributed by atoms with van der Waals surface area (Å²) in [5, 5.41) is 4.44. The predicted molar refractivity (Wildman–Crippen MR) is 128 cm³/mol. The monoisotopic (exact) mass is 491 g/mol. The molecule has 1 aromatic carbocycles. The molecule has 0 atom stereocenters. The van der Waals surface area contributed by atoms with Gasteiger partial charge in [0.05, 0.1) is 38.3 Å². The highest BCUT2D eigenvalue weighted by Gasteiger charge is 2.32. The minimum atomic E-state index is -3.64. The Labute approximate surface area is 201 Å². The number of morpholine rings is 1. The van der Waals surface area contributed by atoms with Crippen molar-refractivity contribution in [2.24, 2.45) is 0 Å². The number of piperazine rings is 1. The van der Waals surface area contributed by atoms with Gasteiger partial charge in [-0.3, -0.25) is 9.48 Å². The molecule has 2 aliphatic heterocycles. The second kappa shape index (κ2) is 10.3. The van der Waals surface area contributed by atoms with Crippen LogP contribution in [0.5, 0.6) is 5.75 Å². The number of carbonyl (C=O) groups excluding carboxylic acids is 1. The highest BCUT2D eigenvalue weighted by molar-refractivity contribution is 7.89. The molecule has 0 N–H and O–H groups in total. The van der Waals surface area contributed by atoms with E-state index >= 15 is 0 Å². The van der Waals surface area contributed by atoms with Crippen LogP contribution in [-0.4, -0.2) is 92.9 Å². The Bertz CT molecular complexity index is 1100. The van der Waals surface area contributed by atoms with E-state index in [-0.39, 0.29) is 17.2 Å². The van der Waals surface area contributed by atoms with Crippen LogP contribution in [-0.2, 0) is 26.1 Å².